The molecule has 0 unspecified atom stereocenters. The Kier molecular flexibility index (Phi) is 2.17. The molecule has 1 aliphatic rings. The number of aliphatic carboxylic acids is 1. The predicted molar refractivity (Wildman–Crippen MR) is 46.8 cm³/mol. The molecule has 0 aromatic carbocycles. The summed E-state index contributed by atoms with van der Waals surface area (Å²) in [6.45, 7) is 3.61. The SMILES string of the molecule is CC1([C@@](C)(N)C(=O)O)CCCC1. The van der Waals surface area contributed by atoms with Crippen molar-refractivity contribution in [2.24, 2.45) is 11.1 Å². The van der Waals surface area contributed by atoms with E-state index in [1.165, 1.54) is 0 Å². The zero-order valence-corrected chi connectivity index (χ0v) is 7.76. The normalized spacial score (nSPS) is 26.6. The van der Waals surface area contributed by atoms with Gasteiger partial charge in [-0.2, -0.15) is 0 Å². The van der Waals surface area contributed by atoms with Crippen LogP contribution in [0.4, 0.5) is 0 Å². The van der Waals surface area contributed by atoms with Gasteiger partial charge in [-0.3, -0.25) is 4.79 Å². The van der Waals surface area contributed by atoms with Crippen molar-refractivity contribution in [3.8, 4) is 0 Å². The van der Waals surface area contributed by atoms with E-state index in [1.54, 1.807) is 6.92 Å². The highest BCUT2D eigenvalue weighted by molar-refractivity contribution is 5.79. The van der Waals surface area contributed by atoms with Crippen LogP contribution in [0.25, 0.3) is 0 Å². The predicted octanol–water partition coefficient (Wildman–Crippen LogP) is 1.37. The molecule has 1 rings (SSSR count). The first-order chi connectivity index (χ1) is 5.40. The van der Waals surface area contributed by atoms with E-state index < -0.39 is 11.5 Å². The lowest BCUT2D eigenvalue weighted by Gasteiger charge is -2.37. The van der Waals surface area contributed by atoms with Crippen LogP contribution in [-0.2, 0) is 4.79 Å². The number of rotatable bonds is 2. The Balaban J connectivity index is 2.85. The lowest BCUT2D eigenvalue weighted by molar-refractivity contribution is -0.147. The third-order valence-electron chi connectivity index (χ3n) is 3.41. The van der Waals surface area contributed by atoms with Crippen molar-refractivity contribution < 1.29 is 9.90 Å². The van der Waals surface area contributed by atoms with Crippen molar-refractivity contribution in [3.05, 3.63) is 0 Å². The lowest BCUT2D eigenvalue weighted by Crippen LogP contribution is -2.56. The van der Waals surface area contributed by atoms with E-state index in [0.29, 0.717) is 0 Å². The van der Waals surface area contributed by atoms with Crippen LogP contribution < -0.4 is 5.73 Å². The van der Waals surface area contributed by atoms with E-state index in [9.17, 15) is 4.79 Å². The molecule has 1 aliphatic carbocycles. The first kappa shape index (κ1) is 9.52. The maximum Gasteiger partial charge on any atom is 0.323 e. The summed E-state index contributed by atoms with van der Waals surface area (Å²) in [7, 11) is 0. The molecule has 0 saturated heterocycles. The number of carboxylic acid groups (broad SMARTS) is 1. The number of hydrogen-bond donors (Lipinski definition) is 2. The Bertz CT molecular complexity index is 193. The molecule has 1 saturated carbocycles. The number of nitrogens with two attached hydrogens (primary N) is 1. The van der Waals surface area contributed by atoms with Crippen molar-refractivity contribution in [2.75, 3.05) is 0 Å². The van der Waals surface area contributed by atoms with Gasteiger partial charge in [0.2, 0.25) is 0 Å². The largest absolute Gasteiger partial charge is 0.480 e. The molecule has 1 fully saturated rings. The Morgan fingerprint density at radius 3 is 2.25 bits per heavy atom. The second kappa shape index (κ2) is 2.73. The molecule has 0 spiro atoms. The molecule has 1 atom stereocenters. The molecule has 70 valence electrons. The highest BCUT2D eigenvalue weighted by Crippen LogP contribution is 2.44. The number of carboxylic acids is 1. The first-order valence-electron chi connectivity index (χ1n) is 4.42. The van der Waals surface area contributed by atoms with Crippen LogP contribution in [0.5, 0.6) is 0 Å². The monoisotopic (exact) mass is 171 g/mol. The van der Waals surface area contributed by atoms with Gasteiger partial charge in [0.1, 0.15) is 5.54 Å². The van der Waals surface area contributed by atoms with Gasteiger partial charge in [0.25, 0.3) is 0 Å². The Morgan fingerprint density at radius 2 is 1.92 bits per heavy atom. The molecular formula is C9H17NO2. The molecule has 0 aromatic heterocycles. The third kappa shape index (κ3) is 1.22. The first-order valence-corrected chi connectivity index (χ1v) is 4.42. The van der Waals surface area contributed by atoms with Crippen molar-refractivity contribution in [2.45, 2.75) is 45.1 Å². The average Bonchev–Trinajstić information content (AvgIpc) is 2.37. The van der Waals surface area contributed by atoms with Crippen LogP contribution >= 0.6 is 0 Å². The molecule has 0 bridgehead atoms. The van der Waals surface area contributed by atoms with E-state index in [1.807, 2.05) is 6.92 Å². The van der Waals surface area contributed by atoms with Crippen molar-refractivity contribution >= 4 is 5.97 Å². The fourth-order valence-corrected chi connectivity index (χ4v) is 1.93. The molecule has 3 heteroatoms. The molecule has 0 heterocycles. The number of carbonyl (C=O) groups is 1. The molecule has 0 aromatic rings. The third-order valence-corrected chi connectivity index (χ3v) is 3.41. The van der Waals surface area contributed by atoms with E-state index >= 15 is 0 Å². The maximum absolute atomic E-state index is 10.9. The fraction of sp³-hybridized carbons (Fsp3) is 0.889. The van der Waals surface area contributed by atoms with Crippen LogP contribution in [0, 0.1) is 5.41 Å². The number of hydrogen-bond acceptors (Lipinski definition) is 2. The van der Waals surface area contributed by atoms with Gasteiger partial charge in [-0.15, -0.1) is 0 Å². The Labute approximate surface area is 72.9 Å². The second-order valence-electron chi connectivity index (χ2n) is 4.28. The summed E-state index contributed by atoms with van der Waals surface area (Å²) in [6.07, 6.45) is 4.09. The summed E-state index contributed by atoms with van der Waals surface area (Å²) in [4.78, 5) is 10.9. The van der Waals surface area contributed by atoms with E-state index in [2.05, 4.69) is 0 Å². The Morgan fingerprint density at radius 1 is 1.50 bits per heavy atom. The quantitative estimate of drug-likeness (QED) is 0.659. The molecule has 0 amide bonds. The van der Waals surface area contributed by atoms with Crippen LogP contribution in [0.15, 0.2) is 0 Å². The van der Waals surface area contributed by atoms with E-state index in [-0.39, 0.29) is 5.41 Å². The summed E-state index contributed by atoms with van der Waals surface area (Å²) < 4.78 is 0. The fourth-order valence-electron chi connectivity index (χ4n) is 1.93. The Hall–Kier alpha value is -0.570. The minimum absolute atomic E-state index is 0.209. The van der Waals surface area contributed by atoms with Gasteiger partial charge in [-0.25, -0.2) is 0 Å². The van der Waals surface area contributed by atoms with Crippen molar-refractivity contribution in [1.29, 1.82) is 0 Å². The van der Waals surface area contributed by atoms with Gasteiger partial charge in [0.05, 0.1) is 0 Å². The topological polar surface area (TPSA) is 63.3 Å². The lowest BCUT2D eigenvalue weighted by atomic mass is 9.71. The molecule has 0 aliphatic heterocycles. The van der Waals surface area contributed by atoms with E-state index in [0.717, 1.165) is 25.7 Å². The van der Waals surface area contributed by atoms with Gasteiger partial charge in [0.15, 0.2) is 0 Å². The van der Waals surface area contributed by atoms with Gasteiger partial charge >= 0.3 is 5.97 Å². The van der Waals surface area contributed by atoms with Gasteiger partial charge in [-0.05, 0) is 25.2 Å². The highest BCUT2D eigenvalue weighted by atomic mass is 16.4. The molecule has 3 N–H and O–H groups in total. The minimum atomic E-state index is -1.07. The summed E-state index contributed by atoms with van der Waals surface area (Å²) in [5, 5.41) is 8.94. The minimum Gasteiger partial charge on any atom is -0.480 e. The van der Waals surface area contributed by atoms with Crippen LogP contribution in [0.2, 0.25) is 0 Å². The zero-order valence-electron chi connectivity index (χ0n) is 7.76. The summed E-state index contributed by atoms with van der Waals surface area (Å²) in [5.74, 6) is -0.882. The van der Waals surface area contributed by atoms with Crippen LogP contribution in [0.1, 0.15) is 39.5 Å². The molecule has 12 heavy (non-hydrogen) atoms. The van der Waals surface area contributed by atoms with E-state index in [4.69, 9.17) is 10.8 Å². The van der Waals surface area contributed by atoms with Crippen molar-refractivity contribution in [1.82, 2.24) is 0 Å². The maximum atomic E-state index is 10.9. The molecule has 3 nitrogen and oxygen atoms in total. The zero-order chi connectivity index (χ0) is 9.41. The van der Waals surface area contributed by atoms with Gasteiger partial charge in [-0.1, -0.05) is 19.8 Å². The molecule has 0 radical (unpaired) electrons. The second-order valence-corrected chi connectivity index (χ2v) is 4.28. The summed E-state index contributed by atoms with van der Waals surface area (Å²) in [6, 6.07) is 0. The van der Waals surface area contributed by atoms with Gasteiger partial charge < -0.3 is 10.8 Å². The summed E-state index contributed by atoms with van der Waals surface area (Å²) in [5.41, 5.74) is 4.52. The smallest absolute Gasteiger partial charge is 0.323 e. The van der Waals surface area contributed by atoms with Crippen LogP contribution in [-0.4, -0.2) is 16.6 Å². The highest BCUT2D eigenvalue weighted by Gasteiger charge is 2.48. The van der Waals surface area contributed by atoms with Crippen LogP contribution in [0.3, 0.4) is 0 Å². The van der Waals surface area contributed by atoms with Crippen molar-refractivity contribution in [3.63, 3.8) is 0 Å². The molecular weight excluding hydrogens is 154 g/mol. The average molecular weight is 171 g/mol. The summed E-state index contributed by atoms with van der Waals surface area (Å²) >= 11 is 0. The standard InChI is InChI=1S/C9H17NO2/c1-8(5-3-4-6-8)9(2,10)7(11)12/h3-6,10H2,1-2H3,(H,11,12)/t9-/m0/s1. The van der Waals surface area contributed by atoms with Gasteiger partial charge in [0, 0.05) is 0 Å².